The maximum Gasteiger partial charge on any atom is 0.245 e. The molecule has 1 aliphatic carbocycles. The Morgan fingerprint density at radius 3 is 2.91 bits per heavy atom. The molecule has 2 amide bonds. The minimum Gasteiger partial charge on any atom is -0.347 e. The minimum absolute atomic E-state index is 0.0514. The van der Waals surface area contributed by atoms with Crippen LogP contribution in [-0.2, 0) is 9.59 Å². The van der Waals surface area contributed by atoms with Crippen molar-refractivity contribution >= 4 is 39.9 Å². The number of halogens is 1. The Hall–Kier alpha value is -1.92. The lowest BCUT2D eigenvalue weighted by molar-refractivity contribution is -0.125. The Kier molecular flexibility index (Phi) is 4.40. The molecule has 1 fully saturated rings. The van der Waals surface area contributed by atoms with E-state index in [2.05, 4.69) is 15.6 Å². The summed E-state index contributed by atoms with van der Waals surface area (Å²) in [5, 5.41) is 8.26. The van der Waals surface area contributed by atoms with Crippen molar-refractivity contribution in [2.24, 2.45) is 5.92 Å². The summed E-state index contributed by atoms with van der Waals surface area (Å²) in [6.45, 7) is -0.0514. The molecule has 3 rings (SSSR count). The van der Waals surface area contributed by atoms with E-state index in [0.29, 0.717) is 10.2 Å². The Labute approximate surface area is 136 Å². The van der Waals surface area contributed by atoms with Crippen LogP contribution in [0.4, 0.5) is 5.13 Å². The lowest BCUT2D eigenvalue weighted by Crippen LogP contribution is -2.34. The quantitative estimate of drug-likeness (QED) is 0.882. The van der Waals surface area contributed by atoms with Crippen molar-refractivity contribution in [3.63, 3.8) is 0 Å². The molecule has 2 N–H and O–H groups in total. The summed E-state index contributed by atoms with van der Waals surface area (Å²) in [5.74, 6) is -0.347. The van der Waals surface area contributed by atoms with E-state index in [1.807, 2.05) is 24.3 Å². The van der Waals surface area contributed by atoms with Gasteiger partial charge in [0.2, 0.25) is 11.8 Å². The van der Waals surface area contributed by atoms with Crippen LogP contribution in [0.5, 0.6) is 0 Å². The first-order valence-electron chi connectivity index (χ1n) is 6.86. The van der Waals surface area contributed by atoms with E-state index in [1.165, 1.54) is 11.3 Å². The van der Waals surface area contributed by atoms with Crippen LogP contribution in [0, 0.1) is 5.92 Å². The maximum atomic E-state index is 12.1. The summed E-state index contributed by atoms with van der Waals surface area (Å²) >= 11 is 7.47. The van der Waals surface area contributed by atoms with Crippen molar-refractivity contribution in [2.75, 3.05) is 11.9 Å². The number of nitrogens with zero attached hydrogens (tertiary/aromatic N) is 1. The van der Waals surface area contributed by atoms with Crippen LogP contribution in [0.15, 0.2) is 35.8 Å². The molecular formula is C15H14ClN3O2S. The molecule has 2 aromatic rings. The molecule has 0 bridgehead atoms. The van der Waals surface area contributed by atoms with Crippen molar-refractivity contribution < 1.29 is 9.59 Å². The van der Waals surface area contributed by atoms with Crippen LogP contribution < -0.4 is 10.6 Å². The number of carbonyl (C=O) groups is 2. The summed E-state index contributed by atoms with van der Waals surface area (Å²) < 4.78 is 0. The van der Waals surface area contributed by atoms with Crippen molar-refractivity contribution in [1.82, 2.24) is 10.3 Å². The molecule has 7 heteroatoms. The third-order valence-electron chi connectivity index (χ3n) is 3.53. The van der Waals surface area contributed by atoms with Gasteiger partial charge in [-0.1, -0.05) is 29.8 Å². The Morgan fingerprint density at radius 2 is 2.18 bits per heavy atom. The second-order valence-electron chi connectivity index (χ2n) is 5.07. The van der Waals surface area contributed by atoms with Crippen LogP contribution in [0.3, 0.4) is 0 Å². The zero-order valence-electron chi connectivity index (χ0n) is 11.6. The third-order valence-corrected chi connectivity index (χ3v) is 4.57. The lowest BCUT2D eigenvalue weighted by atomic mass is 10.1. The summed E-state index contributed by atoms with van der Waals surface area (Å²) in [6.07, 6.45) is 2.38. The Bertz CT molecular complexity index is 690. The smallest absolute Gasteiger partial charge is 0.245 e. The van der Waals surface area contributed by atoms with Crippen molar-refractivity contribution in [1.29, 1.82) is 0 Å². The van der Waals surface area contributed by atoms with Crippen LogP contribution >= 0.6 is 22.9 Å². The molecule has 1 aromatic carbocycles. The predicted octanol–water partition coefficient (Wildman–Crippen LogP) is 2.65. The number of hydrogen-bond acceptors (Lipinski definition) is 4. The highest BCUT2D eigenvalue weighted by molar-refractivity contribution is 7.13. The normalized spacial score (nSPS) is 19.5. The van der Waals surface area contributed by atoms with Crippen molar-refractivity contribution in [3.05, 3.63) is 46.4 Å². The van der Waals surface area contributed by atoms with Crippen LogP contribution in [0.1, 0.15) is 17.9 Å². The van der Waals surface area contributed by atoms with Crippen LogP contribution in [0.2, 0.25) is 5.02 Å². The zero-order valence-corrected chi connectivity index (χ0v) is 13.2. The number of aromatic nitrogens is 1. The number of carbonyl (C=O) groups excluding carboxylic acids is 2. The van der Waals surface area contributed by atoms with E-state index in [4.69, 9.17) is 11.6 Å². The standard InChI is InChI=1S/C15H14ClN3O2S/c16-12-4-2-1-3-9(12)10-7-11(10)14(21)18-8-13(20)19-15-17-5-6-22-15/h1-6,10-11H,7-8H2,(H,18,21)(H,17,19,20)/t10-,11-/m0/s1. The monoisotopic (exact) mass is 335 g/mol. The highest BCUT2D eigenvalue weighted by Gasteiger charge is 2.44. The van der Waals surface area contributed by atoms with E-state index < -0.39 is 0 Å². The summed E-state index contributed by atoms with van der Waals surface area (Å²) in [7, 11) is 0. The predicted molar refractivity (Wildman–Crippen MR) is 86.1 cm³/mol. The molecular weight excluding hydrogens is 322 g/mol. The average Bonchev–Trinajstić information content (AvgIpc) is 3.14. The van der Waals surface area contributed by atoms with Gasteiger partial charge in [-0.05, 0) is 24.0 Å². The van der Waals surface area contributed by atoms with E-state index in [1.54, 1.807) is 11.6 Å². The SMILES string of the molecule is O=C(CNC(=O)[C@H]1C[C@H]1c1ccccc1Cl)Nc1nccs1. The summed E-state index contributed by atoms with van der Waals surface area (Å²) in [6, 6.07) is 7.54. The number of nitrogens with one attached hydrogen (secondary N) is 2. The van der Waals surface area contributed by atoms with Crippen LogP contribution in [-0.4, -0.2) is 23.3 Å². The van der Waals surface area contributed by atoms with Gasteiger partial charge in [0.25, 0.3) is 0 Å². The number of anilines is 1. The van der Waals surface area contributed by atoms with Gasteiger partial charge >= 0.3 is 0 Å². The van der Waals surface area contributed by atoms with E-state index >= 15 is 0 Å². The highest BCUT2D eigenvalue weighted by Crippen LogP contribution is 2.49. The molecule has 1 aliphatic rings. The first-order valence-corrected chi connectivity index (χ1v) is 8.12. The largest absolute Gasteiger partial charge is 0.347 e. The number of hydrogen-bond donors (Lipinski definition) is 2. The van der Waals surface area contributed by atoms with Crippen molar-refractivity contribution in [2.45, 2.75) is 12.3 Å². The maximum absolute atomic E-state index is 12.1. The van der Waals surface area contributed by atoms with Crippen LogP contribution in [0.25, 0.3) is 0 Å². The Morgan fingerprint density at radius 1 is 1.36 bits per heavy atom. The molecule has 1 heterocycles. The van der Waals surface area contributed by atoms with Gasteiger partial charge in [0, 0.05) is 22.5 Å². The Balaban J connectivity index is 1.48. The second kappa shape index (κ2) is 6.46. The number of rotatable bonds is 5. The fourth-order valence-electron chi connectivity index (χ4n) is 2.35. The minimum atomic E-state index is -0.279. The molecule has 0 radical (unpaired) electrons. The zero-order chi connectivity index (χ0) is 15.5. The molecule has 0 spiro atoms. The molecule has 1 saturated carbocycles. The first kappa shape index (κ1) is 15.0. The molecule has 0 unspecified atom stereocenters. The molecule has 114 valence electrons. The van der Waals surface area contributed by atoms with Gasteiger partial charge in [-0.15, -0.1) is 11.3 Å². The van der Waals surface area contributed by atoms with E-state index in [9.17, 15) is 9.59 Å². The van der Waals surface area contributed by atoms with E-state index in [0.717, 1.165) is 12.0 Å². The van der Waals surface area contributed by atoms with Gasteiger partial charge in [-0.2, -0.15) is 0 Å². The van der Waals surface area contributed by atoms with Gasteiger partial charge in [0.15, 0.2) is 5.13 Å². The van der Waals surface area contributed by atoms with E-state index in [-0.39, 0.29) is 30.2 Å². The molecule has 2 atom stereocenters. The van der Waals surface area contributed by atoms with Gasteiger partial charge < -0.3 is 10.6 Å². The summed E-state index contributed by atoms with van der Waals surface area (Å²) in [4.78, 5) is 27.7. The molecule has 1 aromatic heterocycles. The third kappa shape index (κ3) is 3.45. The average molecular weight is 336 g/mol. The van der Waals surface area contributed by atoms with Gasteiger partial charge in [0.05, 0.1) is 6.54 Å². The second-order valence-corrected chi connectivity index (χ2v) is 6.38. The topological polar surface area (TPSA) is 71.1 Å². The highest BCUT2D eigenvalue weighted by atomic mass is 35.5. The molecule has 22 heavy (non-hydrogen) atoms. The fraction of sp³-hybridized carbons (Fsp3) is 0.267. The number of thiazole rings is 1. The van der Waals surface area contributed by atoms with Gasteiger partial charge in [-0.3, -0.25) is 9.59 Å². The van der Waals surface area contributed by atoms with Gasteiger partial charge in [0.1, 0.15) is 0 Å². The molecule has 0 aliphatic heterocycles. The number of benzene rings is 1. The number of amides is 2. The van der Waals surface area contributed by atoms with Gasteiger partial charge in [-0.25, -0.2) is 4.98 Å². The molecule has 5 nitrogen and oxygen atoms in total. The molecule has 0 saturated heterocycles. The van der Waals surface area contributed by atoms with Crippen molar-refractivity contribution in [3.8, 4) is 0 Å². The summed E-state index contributed by atoms with van der Waals surface area (Å²) in [5.41, 5.74) is 0.997. The lowest BCUT2D eigenvalue weighted by Gasteiger charge is -2.06. The first-order chi connectivity index (χ1) is 10.6. The fourth-order valence-corrected chi connectivity index (χ4v) is 3.17.